The topological polar surface area (TPSA) is 81.2 Å². The Morgan fingerprint density at radius 2 is 2.13 bits per heavy atom. The normalized spacial score (nSPS) is 15.0. The summed E-state index contributed by atoms with van der Waals surface area (Å²) in [6.07, 6.45) is 5.32. The van der Waals surface area contributed by atoms with Gasteiger partial charge in [0.15, 0.2) is 0 Å². The van der Waals surface area contributed by atoms with E-state index in [4.69, 9.17) is 0 Å². The van der Waals surface area contributed by atoms with Crippen LogP contribution >= 0.6 is 23.1 Å². The quantitative estimate of drug-likeness (QED) is 0.676. The first-order valence-corrected chi connectivity index (χ1v) is 9.10. The van der Waals surface area contributed by atoms with Crippen molar-refractivity contribution in [2.75, 3.05) is 7.11 Å². The van der Waals surface area contributed by atoms with E-state index < -0.39 is 17.3 Å². The number of aromatic nitrogens is 2. The molecule has 0 saturated carbocycles. The average molecular weight is 351 g/mol. The number of ether oxygens (including phenoxy) is 1. The highest BCUT2D eigenvalue weighted by Gasteiger charge is 2.23. The lowest BCUT2D eigenvalue weighted by molar-refractivity contribution is -0.119. The van der Waals surface area contributed by atoms with Crippen molar-refractivity contribution < 1.29 is 14.3 Å². The SMILES string of the molecule is COC(=O)NC(=O)[C@@H](C)Sc1ncnc2sc3c(c12)CCCC3. The Hall–Kier alpha value is -1.67. The third-order valence-corrected chi connectivity index (χ3v) is 6.09. The lowest BCUT2D eigenvalue weighted by Crippen LogP contribution is -2.35. The molecule has 2 aromatic rings. The van der Waals surface area contributed by atoms with Gasteiger partial charge in [-0.3, -0.25) is 10.1 Å². The Morgan fingerprint density at radius 3 is 2.91 bits per heavy atom. The van der Waals surface area contributed by atoms with Gasteiger partial charge in [-0.05, 0) is 38.2 Å². The van der Waals surface area contributed by atoms with Crippen LogP contribution in [0.5, 0.6) is 0 Å². The third kappa shape index (κ3) is 3.32. The van der Waals surface area contributed by atoms with Gasteiger partial charge in [0.2, 0.25) is 5.91 Å². The van der Waals surface area contributed by atoms with Crippen molar-refractivity contribution in [1.82, 2.24) is 15.3 Å². The number of rotatable bonds is 3. The number of hydrogen-bond donors (Lipinski definition) is 1. The summed E-state index contributed by atoms with van der Waals surface area (Å²) in [7, 11) is 1.23. The van der Waals surface area contributed by atoms with E-state index in [1.807, 2.05) is 0 Å². The van der Waals surface area contributed by atoms with E-state index in [1.54, 1.807) is 18.3 Å². The molecule has 0 unspecified atom stereocenters. The molecule has 0 fully saturated rings. The van der Waals surface area contributed by atoms with E-state index in [0.717, 1.165) is 28.1 Å². The predicted molar refractivity (Wildman–Crippen MR) is 89.9 cm³/mol. The van der Waals surface area contributed by atoms with Crippen molar-refractivity contribution in [1.29, 1.82) is 0 Å². The largest absolute Gasteiger partial charge is 0.453 e. The van der Waals surface area contributed by atoms with Crippen LogP contribution in [0, 0.1) is 0 Å². The summed E-state index contributed by atoms with van der Waals surface area (Å²) in [5.41, 5.74) is 1.33. The molecule has 0 radical (unpaired) electrons. The van der Waals surface area contributed by atoms with Crippen LogP contribution in [-0.2, 0) is 22.4 Å². The molecule has 1 aliphatic rings. The smallest absolute Gasteiger partial charge is 0.413 e. The van der Waals surface area contributed by atoms with Crippen LogP contribution in [-0.4, -0.2) is 34.3 Å². The van der Waals surface area contributed by atoms with Gasteiger partial charge in [-0.1, -0.05) is 11.8 Å². The van der Waals surface area contributed by atoms with Crippen LogP contribution in [0.3, 0.4) is 0 Å². The minimum absolute atomic E-state index is 0.391. The van der Waals surface area contributed by atoms with Gasteiger partial charge in [-0.25, -0.2) is 14.8 Å². The average Bonchev–Trinajstić information content (AvgIpc) is 2.94. The number of aryl methyl sites for hydroxylation is 2. The first-order chi connectivity index (χ1) is 11.1. The van der Waals surface area contributed by atoms with Crippen molar-refractivity contribution in [3.63, 3.8) is 0 Å². The van der Waals surface area contributed by atoms with Crippen LogP contribution in [0.2, 0.25) is 0 Å². The van der Waals surface area contributed by atoms with Crippen molar-refractivity contribution >= 4 is 45.3 Å². The molecule has 1 aliphatic carbocycles. The zero-order valence-corrected chi connectivity index (χ0v) is 14.6. The highest BCUT2D eigenvalue weighted by atomic mass is 32.2. The van der Waals surface area contributed by atoms with Crippen molar-refractivity contribution in [2.45, 2.75) is 42.9 Å². The molecule has 0 aromatic carbocycles. The fourth-order valence-corrected chi connectivity index (χ4v) is 4.86. The number of alkyl carbamates (subject to hydrolysis) is 1. The number of thioether (sulfide) groups is 1. The maximum Gasteiger partial charge on any atom is 0.413 e. The van der Waals surface area contributed by atoms with Gasteiger partial charge in [-0.15, -0.1) is 11.3 Å². The van der Waals surface area contributed by atoms with Crippen LogP contribution < -0.4 is 5.32 Å². The summed E-state index contributed by atoms with van der Waals surface area (Å²) in [5.74, 6) is -0.391. The Morgan fingerprint density at radius 1 is 1.35 bits per heavy atom. The Labute approximate surface area is 142 Å². The summed E-state index contributed by atoms with van der Waals surface area (Å²) in [6.45, 7) is 1.75. The van der Waals surface area contributed by atoms with E-state index >= 15 is 0 Å². The fraction of sp³-hybridized carbons (Fsp3) is 0.467. The number of fused-ring (bicyclic) bond motifs is 3. The second-order valence-corrected chi connectivity index (χ2v) is 7.72. The molecular formula is C15H17N3O3S2. The van der Waals surface area contributed by atoms with E-state index in [1.165, 1.54) is 48.5 Å². The minimum Gasteiger partial charge on any atom is -0.453 e. The zero-order chi connectivity index (χ0) is 16.4. The number of nitrogens with zero attached hydrogens (tertiary/aromatic N) is 2. The molecule has 2 amide bonds. The molecule has 0 spiro atoms. The maximum absolute atomic E-state index is 12.0. The number of thiophene rings is 1. The summed E-state index contributed by atoms with van der Waals surface area (Å²) in [4.78, 5) is 34.3. The Kier molecular flexibility index (Phi) is 4.82. The maximum atomic E-state index is 12.0. The highest BCUT2D eigenvalue weighted by Crippen LogP contribution is 2.40. The number of carbonyl (C=O) groups is 2. The van der Waals surface area contributed by atoms with Gasteiger partial charge >= 0.3 is 6.09 Å². The standard InChI is InChI=1S/C15H17N3O3S2/c1-8(12(19)18-15(20)21-2)22-13-11-9-5-3-4-6-10(9)23-14(11)17-7-16-13/h7-8H,3-6H2,1-2H3,(H,18,19,20)/t8-/m1/s1. The summed E-state index contributed by atoms with van der Waals surface area (Å²) in [6, 6.07) is 0. The number of imide groups is 1. The first-order valence-electron chi connectivity index (χ1n) is 7.41. The van der Waals surface area contributed by atoms with Gasteiger partial charge in [0.05, 0.1) is 12.4 Å². The lowest BCUT2D eigenvalue weighted by Gasteiger charge is -2.13. The lowest BCUT2D eigenvalue weighted by atomic mass is 9.97. The van der Waals surface area contributed by atoms with E-state index in [2.05, 4.69) is 20.0 Å². The predicted octanol–water partition coefficient (Wildman–Crippen LogP) is 2.93. The van der Waals surface area contributed by atoms with Gasteiger partial charge in [-0.2, -0.15) is 0 Å². The molecule has 122 valence electrons. The number of nitrogens with one attached hydrogen (secondary N) is 1. The molecule has 0 saturated heterocycles. The molecule has 2 heterocycles. The summed E-state index contributed by atoms with van der Waals surface area (Å²) >= 11 is 3.07. The van der Waals surface area contributed by atoms with Crippen LogP contribution in [0.25, 0.3) is 10.2 Å². The molecule has 1 N–H and O–H groups in total. The van der Waals surface area contributed by atoms with Crippen molar-refractivity contribution in [2.24, 2.45) is 0 Å². The molecule has 2 aromatic heterocycles. The molecule has 0 aliphatic heterocycles. The molecule has 3 rings (SSSR count). The monoisotopic (exact) mass is 351 g/mol. The first kappa shape index (κ1) is 16.2. The van der Waals surface area contributed by atoms with E-state index in [-0.39, 0.29) is 0 Å². The molecule has 8 heteroatoms. The van der Waals surface area contributed by atoms with Crippen molar-refractivity contribution in [3.8, 4) is 0 Å². The van der Waals surface area contributed by atoms with Gasteiger partial charge < -0.3 is 4.74 Å². The highest BCUT2D eigenvalue weighted by molar-refractivity contribution is 8.00. The van der Waals surface area contributed by atoms with E-state index in [0.29, 0.717) is 0 Å². The Bertz CT molecular complexity index is 760. The Balaban J connectivity index is 1.86. The zero-order valence-electron chi connectivity index (χ0n) is 12.9. The third-order valence-electron chi connectivity index (χ3n) is 3.78. The van der Waals surface area contributed by atoms with Crippen molar-refractivity contribution in [3.05, 3.63) is 16.8 Å². The molecular weight excluding hydrogens is 334 g/mol. The second kappa shape index (κ2) is 6.84. The second-order valence-electron chi connectivity index (χ2n) is 5.31. The van der Waals surface area contributed by atoms with Crippen LogP contribution in [0.15, 0.2) is 11.4 Å². The number of hydrogen-bond acceptors (Lipinski definition) is 7. The van der Waals surface area contributed by atoms with E-state index in [9.17, 15) is 9.59 Å². The van der Waals surface area contributed by atoms with Gasteiger partial charge in [0.25, 0.3) is 0 Å². The molecule has 0 bridgehead atoms. The molecule has 1 atom stereocenters. The molecule has 23 heavy (non-hydrogen) atoms. The minimum atomic E-state index is -0.747. The van der Waals surface area contributed by atoms with Gasteiger partial charge in [0.1, 0.15) is 16.2 Å². The summed E-state index contributed by atoms with van der Waals surface area (Å²) < 4.78 is 4.45. The van der Waals surface area contributed by atoms with Crippen LogP contribution in [0.1, 0.15) is 30.2 Å². The van der Waals surface area contributed by atoms with Crippen LogP contribution in [0.4, 0.5) is 4.79 Å². The summed E-state index contributed by atoms with van der Waals surface area (Å²) in [5, 5.41) is 3.63. The van der Waals surface area contributed by atoms with Gasteiger partial charge in [0, 0.05) is 10.3 Å². The fourth-order valence-electron chi connectivity index (χ4n) is 2.62. The number of amides is 2. The number of carbonyl (C=O) groups excluding carboxylic acids is 2. The number of methoxy groups -OCH3 is 1. The molecule has 6 nitrogen and oxygen atoms in total.